The van der Waals surface area contributed by atoms with Crippen molar-refractivity contribution < 1.29 is 0 Å². The quantitative estimate of drug-likeness (QED) is 0.876. The molecule has 1 aromatic carbocycles. The topological polar surface area (TPSA) is 12.0 Å². The number of nitrogens with one attached hydrogen (secondary N) is 1. The molecule has 0 bridgehead atoms. The molecule has 1 nitrogen and oxygen atoms in total. The van der Waals surface area contributed by atoms with Crippen LogP contribution in [0.4, 0.5) is 0 Å². The lowest BCUT2D eigenvalue weighted by Crippen LogP contribution is -2.30. The second kappa shape index (κ2) is 5.33. The van der Waals surface area contributed by atoms with E-state index in [4.69, 9.17) is 11.6 Å². The second-order valence-corrected chi connectivity index (χ2v) is 5.48. The standard InChI is InChI=1S/C12H15BrClN/c13-11-3-4-12(14)10(7-11)6-9-2-1-5-15-8-9/h3-4,7,9,15H,1-2,5-6,8H2. The first-order chi connectivity index (χ1) is 7.25. The first-order valence-corrected chi connectivity index (χ1v) is 6.57. The number of piperidine rings is 1. The Morgan fingerprint density at radius 1 is 1.47 bits per heavy atom. The van der Waals surface area contributed by atoms with Crippen LogP contribution in [0, 0.1) is 5.92 Å². The normalized spacial score (nSPS) is 21.6. The molecule has 1 unspecified atom stereocenters. The summed E-state index contributed by atoms with van der Waals surface area (Å²) in [5.41, 5.74) is 1.26. The SMILES string of the molecule is Clc1ccc(Br)cc1CC1CCCNC1. The van der Waals surface area contributed by atoms with Gasteiger partial charge in [0, 0.05) is 9.50 Å². The molecule has 2 rings (SSSR count). The number of benzene rings is 1. The zero-order chi connectivity index (χ0) is 10.7. The maximum Gasteiger partial charge on any atom is 0.0438 e. The van der Waals surface area contributed by atoms with Crippen LogP contribution in [0.25, 0.3) is 0 Å². The lowest BCUT2D eigenvalue weighted by molar-refractivity contribution is 0.376. The van der Waals surface area contributed by atoms with Gasteiger partial charge in [-0.2, -0.15) is 0 Å². The Balaban J connectivity index is 2.05. The minimum atomic E-state index is 0.741. The van der Waals surface area contributed by atoms with Gasteiger partial charge in [0.2, 0.25) is 0 Å². The van der Waals surface area contributed by atoms with Crippen LogP contribution in [0.5, 0.6) is 0 Å². The molecule has 1 aromatic rings. The zero-order valence-electron chi connectivity index (χ0n) is 8.60. The Morgan fingerprint density at radius 2 is 2.33 bits per heavy atom. The fourth-order valence-corrected chi connectivity index (χ4v) is 2.71. The van der Waals surface area contributed by atoms with E-state index in [1.54, 1.807) is 0 Å². The van der Waals surface area contributed by atoms with E-state index in [1.165, 1.54) is 24.9 Å². The van der Waals surface area contributed by atoms with Crippen LogP contribution in [0.15, 0.2) is 22.7 Å². The zero-order valence-corrected chi connectivity index (χ0v) is 10.9. The van der Waals surface area contributed by atoms with Gasteiger partial charge in [-0.1, -0.05) is 27.5 Å². The van der Waals surface area contributed by atoms with E-state index in [1.807, 2.05) is 12.1 Å². The average molecular weight is 289 g/mol. The first kappa shape index (κ1) is 11.4. The third-order valence-corrected chi connectivity index (χ3v) is 3.78. The average Bonchev–Trinajstić information content (AvgIpc) is 2.25. The summed E-state index contributed by atoms with van der Waals surface area (Å²) in [6, 6.07) is 6.10. The van der Waals surface area contributed by atoms with Crippen molar-refractivity contribution in [3.8, 4) is 0 Å². The van der Waals surface area contributed by atoms with Crippen molar-refractivity contribution in [1.82, 2.24) is 5.32 Å². The molecular formula is C12H15BrClN. The highest BCUT2D eigenvalue weighted by Gasteiger charge is 2.14. The van der Waals surface area contributed by atoms with Crippen LogP contribution < -0.4 is 5.32 Å². The fraction of sp³-hybridized carbons (Fsp3) is 0.500. The Morgan fingerprint density at radius 3 is 3.07 bits per heavy atom. The van der Waals surface area contributed by atoms with Crippen molar-refractivity contribution in [1.29, 1.82) is 0 Å². The van der Waals surface area contributed by atoms with E-state index in [-0.39, 0.29) is 0 Å². The summed E-state index contributed by atoms with van der Waals surface area (Å²) in [7, 11) is 0. The number of hydrogen-bond acceptors (Lipinski definition) is 1. The van der Waals surface area contributed by atoms with Crippen molar-refractivity contribution in [2.45, 2.75) is 19.3 Å². The summed E-state index contributed by atoms with van der Waals surface area (Å²) in [5.74, 6) is 0.741. The highest BCUT2D eigenvalue weighted by atomic mass is 79.9. The van der Waals surface area contributed by atoms with Crippen molar-refractivity contribution in [2.24, 2.45) is 5.92 Å². The van der Waals surface area contributed by atoms with Crippen LogP contribution in [-0.4, -0.2) is 13.1 Å². The molecule has 0 amide bonds. The Kier molecular flexibility index (Phi) is 4.06. The Labute approximate surface area is 104 Å². The molecule has 3 heteroatoms. The molecule has 0 aliphatic carbocycles. The van der Waals surface area contributed by atoms with Gasteiger partial charge >= 0.3 is 0 Å². The van der Waals surface area contributed by atoms with Crippen LogP contribution in [-0.2, 0) is 6.42 Å². The predicted molar refractivity (Wildman–Crippen MR) is 68.4 cm³/mol. The molecule has 1 aliphatic heterocycles. The highest BCUT2D eigenvalue weighted by Crippen LogP contribution is 2.25. The molecule has 0 saturated carbocycles. The summed E-state index contributed by atoms with van der Waals surface area (Å²) in [6.07, 6.45) is 3.69. The van der Waals surface area contributed by atoms with Gasteiger partial charge in [0.25, 0.3) is 0 Å². The van der Waals surface area contributed by atoms with Crippen LogP contribution in [0.3, 0.4) is 0 Å². The lowest BCUT2D eigenvalue weighted by Gasteiger charge is -2.23. The lowest BCUT2D eigenvalue weighted by atomic mass is 9.92. The minimum Gasteiger partial charge on any atom is -0.316 e. The van der Waals surface area contributed by atoms with Crippen molar-refractivity contribution in [2.75, 3.05) is 13.1 Å². The van der Waals surface area contributed by atoms with E-state index >= 15 is 0 Å². The number of rotatable bonds is 2. The molecule has 15 heavy (non-hydrogen) atoms. The van der Waals surface area contributed by atoms with E-state index in [0.29, 0.717) is 0 Å². The van der Waals surface area contributed by atoms with Gasteiger partial charge in [-0.25, -0.2) is 0 Å². The summed E-state index contributed by atoms with van der Waals surface area (Å²) < 4.78 is 1.12. The fourth-order valence-electron chi connectivity index (χ4n) is 2.11. The van der Waals surface area contributed by atoms with Crippen molar-refractivity contribution in [3.63, 3.8) is 0 Å². The molecule has 1 fully saturated rings. The molecule has 0 aromatic heterocycles. The summed E-state index contributed by atoms with van der Waals surface area (Å²) in [4.78, 5) is 0. The minimum absolute atomic E-state index is 0.741. The summed E-state index contributed by atoms with van der Waals surface area (Å²) in [6.45, 7) is 2.30. The molecule has 1 heterocycles. The molecular weight excluding hydrogens is 273 g/mol. The van der Waals surface area contributed by atoms with Gasteiger partial charge in [-0.3, -0.25) is 0 Å². The summed E-state index contributed by atoms with van der Waals surface area (Å²) >= 11 is 9.66. The van der Waals surface area contributed by atoms with E-state index in [2.05, 4.69) is 27.3 Å². The van der Waals surface area contributed by atoms with Crippen molar-refractivity contribution >= 4 is 27.5 Å². The van der Waals surface area contributed by atoms with Crippen LogP contribution in [0.2, 0.25) is 5.02 Å². The van der Waals surface area contributed by atoms with Gasteiger partial charge in [-0.15, -0.1) is 0 Å². The van der Waals surface area contributed by atoms with E-state index in [9.17, 15) is 0 Å². The van der Waals surface area contributed by atoms with Gasteiger partial charge < -0.3 is 5.32 Å². The molecule has 1 atom stereocenters. The Hall–Kier alpha value is -0.0500. The first-order valence-electron chi connectivity index (χ1n) is 5.40. The summed E-state index contributed by atoms with van der Waals surface area (Å²) in [5, 5.41) is 4.33. The number of halogens is 2. The van der Waals surface area contributed by atoms with Gasteiger partial charge in [0.05, 0.1) is 0 Å². The predicted octanol–water partition coefficient (Wildman–Crippen LogP) is 3.64. The van der Waals surface area contributed by atoms with Gasteiger partial charge in [0.1, 0.15) is 0 Å². The van der Waals surface area contributed by atoms with Gasteiger partial charge in [-0.05, 0) is 62.0 Å². The Bertz CT molecular complexity index is 334. The molecule has 0 spiro atoms. The van der Waals surface area contributed by atoms with Crippen LogP contribution >= 0.6 is 27.5 Å². The smallest absolute Gasteiger partial charge is 0.0438 e. The molecule has 0 radical (unpaired) electrons. The van der Waals surface area contributed by atoms with E-state index in [0.717, 1.165) is 28.4 Å². The maximum absolute atomic E-state index is 6.17. The van der Waals surface area contributed by atoms with Crippen molar-refractivity contribution in [3.05, 3.63) is 33.3 Å². The second-order valence-electron chi connectivity index (χ2n) is 4.15. The highest BCUT2D eigenvalue weighted by molar-refractivity contribution is 9.10. The molecule has 1 N–H and O–H groups in total. The largest absolute Gasteiger partial charge is 0.316 e. The monoisotopic (exact) mass is 287 g/mol. The van der Waals surface area contributed by atoms with Crippen LogP contribution in [0.1, 0.15) is 18.4 Å². The molecule has 82 valence electrons. The third kappa shape index (κ3) is 3.20. The van der Waals surface area contributed by atoms with Gasteiger partial charge in [0.15, 0.2) is 0 Å². The van der Waals surface area contributed by atoms with E-state index < -0.39 is 0 Å². The maximum atomic E-state index is 6.17. The number of hydrogen-bond donors (Lipinski definition) is 1. The third-order valence-electron chi connectivity index (χ3n) is 2.92. The molecule has 1 aliphatic rings. The molecule has 1 saturated heterocycles.